The molecule has 30 heavy (non-hydrogen) atoms. The van der Waals surface area contributed by atoms with Crippen LogP contribution in [0.25, 0.3) is 0 Å². The molecule has 0 unspecified atom stereocenters. The smallest absolute Gasteiger partial charge is 0.321 e. The summed E-state index contributed by atoms with van der Waals surface area (Å²) in [7, 11) is -3.68. The van der Waals surface area contributed by atoms with Crippen LogP contribution in [0.5, 0.6) is 0 Å². The normalized spacial score (nSPS) is 13.7. The second-order valence-electron chi connectivity index (χ2n) is 6.73. The Kier molecular flexibility index (Phi) is 5.24. The summed E-state index contributed by atoms with van der Waals surface area (Å²) in [6.45, 7) is 1.16. The first-order chi connectivity index (χ1) is 14.4. The van der Waals surface area contributed by atoms with E-state index >= 15 is 0 Å². The second kappa shape index (κ2) is 8.00. The quantitative estimate of drug-likeness (QED) is 0.661. The zero-order chi connectivity index (χ0) is 21.1. The lowest BCUT2D eigenvalue weighted by Crippen LogP contribution is -2.27. The maximum atomic E-state index is 12.8. The van der Waals surface area contributed by atoms with E-state index in [1.54, 1.807) is 59.5 Å². The number of carbonyl (C=O) groups is 2. The van der Waals surface area contributed by atoms with Crippen LogP contribution in [0, 0.1) is 0 Å². The molecule has 2 N–H and O–H groups in total. The molecule has 0 aromatic heterocycles. The van der Waals surface area contributed by atoms with E-state index in [1.165, 1.54) is 24.3 Å². The summed E-state index contributed by atoms with van der Waals surface area (Å²) in [5.74, 6) is -0.373. The molecule has 1 fully saturated rings. The third-order valence-corrected chi connectivity index (χ3v) is 6.52. The number of nitrogens with one attached hydrogen (secondary N) is 2. The van der Waals surface area contributed by atoms with E-state index in [0.29, 0.717) is 30.0 Å². The van der Waals surface area contributed by atoms with Crippen molar-refractivity contribution < 1.29 is 18.0 Å². The van der Waals surface area contributed by atoms with Gasteiger partial charge in [0.2, 0.25) is 9.84 Å². The average Bonchev–Trinajstić information content (AvgIpc) is 3.20. The van der Waals surface area contributed by atoms with Crippen LogP contribution in [0.15, 0.2) is 88.7 Å². The van der Waals surface area contributed by atoms with Gasteiger partial charge >= 0.3 is 6.03 Å². The molecule has 1 heterocycles. The Morgan fingerprint density at radius 1 is 0.900 bits per heavy atom. The van der Waals surface area contributed by atoms with Gasteiger partial charge in [0, 0.05) is 30.0 Å². The van der Waals surface area contributed by atoms with Crippen LogP contribution in [0.4, 0.5) is 16.2 Å². The summed E-state index contributed by atoms with van der Waals surface area (Å²) in [6, 6.07) is 20.8. The third kappa shape index (κ3) is 3.90. The molecule has 1 aliphatic heterocycles. The molecular weight excluding hydrogens is 402 g/mol. The average molecular weight is 421 g/mol. The van der Waals surface area contributed by atoms with Gasteiger partial charge in [-0.25, -0.2) is 13.2 Å². The molecule has 0 saturated carbocycles. The fourth-order valence-electron chi connectivity index (χ4n) is 3.19. The zero-order valence-corrected chi connectivity index (χ0v) is 16.7. The Labute approximate surface area is 174 Å². The Balaban J connectivity index is 1.51. The summed E-state index contributed by atoms with van der Waals surface area (Å²) in [5.41, 5.74) is 1.48. The Bertz CT molecular complexity index is 1190. The highest BCUT2D eigenvalue weighted by molar-refractivity contribution is 7.91. The number of amides is 3. The number of carbonyl (C=O) groups excluding carboxylic acids is 2. The highest BCUT2D eigenvalue weighted by Gasteiger charge is 2.21. The molecule has 1 aliphatic rings. The van der Waals surface area contributed by atoms with Crippen molar-refractivity contribution in [2.75, 3.05) is 23.3 Å². The van der Waals surface area contributed by atoms with Crippen LogP contribution in [0.1, 0.15) is 10.4 Å². The van der Waals surface area contributed by atoms with Gasteiger partial charge in [-0.05, 0) is 54.6 Å². The Hall–Kier alpha value is -3.65. The van der Waals surface area contributed by atoms with E-state index in [4.69, 9.17) is 0 Å². The van der Waals surface area contributed by atoms with Gasteiger partial charge in [0.15, 0.2) is 0 Å². The van der Waals surface area contributed by atoms with E-state index in [2.05, 4.69) is 10.6 Å². The van der Waals surface area contributed by atoms with E-state index in [9.17, 15) is 18.0 Å². The zero-order valence-electron chi connectivity index (χ0n) is 15.9. The molecule has 3 aromatic carbocycles. The molecule has 152 valence electrons. The number of benzene rings is 3. The standard InChI is InChI=1S/C22H19N3O4S/c26-21(16-9-11-18(12-10-16)25-14-13-23-22(25)27)24-17-5-4-8-20(15-17)30(28,29)19-6-2-1-3-7-19/h1-12,15H,13-14H2,(H,23,27)(H,24,26). The maximum Gasteiger partial charge on any atom is 0.321 e. The van der Waals surface area contributed by atoms with Gasteiger partial charge in [-0.3, -0.25) is 9.69 Å². The molecular formula is C22H19N3O4S. The second-order valence-corrected chi connectivity index (χ2v) is 8.68. The predicted molar refractivity (Wildman–Crippen MR) is 113 cm³/mol. The highest BCUT2D eigenvalue weighted by Crippen LogP contribution is 2.24. The molecule has 0 aliphatic carbocycles. The minimum atomic E-state index is -3.68. The molecule has 4 rings (SSSR count). The number of anilines is 2. The van der Waals surface area contributed by atoms with Crippen LogP contribution < -0.4 is 15.5 Å². The molecule has 0 spiro atoms. The lowest BCUT2D eigenvalue weighted by Gasteiger charge is -2.14. The van der Waals surface area contributed by atoms with Gasteiger partial charge in [-0.2, -0.15) is 0 Å². The van der Waals surface area contributed by atoms with Crippen LogP contribution in [0.3, 0.4) is 0 Å². The van der Waals surface area contributed by atoms with E-state index in [-0.39, 0.29) is 21.7 Å². The van der Waals surface area contributed by atoms with Crippen LogP contribution in [-0.4, -0.2) is 33.4 Å². The van der Waals surface area contributed by atoms with Crippen LogP contribution in [-0.2, 0) is 9.84 Å². The Morgan fingerprint density at radius 2 is 1.60 bits per heavy atom. The summed E-state index contributed by atoms with van der Waals surface area (Å²) >= 11 is 0. The predicted octanol–water partition coefficient (Wildman–Crippen LogP) is 3.30. The number of rotatable bonds is 5. The fourth-order valence-corrected chi connectivity index (χ4v) is 4.52. The molecule has 3 aromatic rings. The van der Waals surface area contributed by atoms with E-state index in [0.717, 1.165) is 0 Å². The minimum absolute atomic E-state index is 0.0990. The first kappa shape index (κ1) is 19.7. The van der Waals surface area contributed by atoms with Crippen molar-refractivity contribution in [1.82, 2.24) is 5.32 Å². The lowest BCUT2D eigenvalue weighted by molar-refractivity contribution is 0.102. The van der Waals surface area contributed by atoms with Crippen molar-refractivity contribution in [1.29, 1.82) is 0 Å². The third-order valence-electron chi connectivity index (χ3n) is 4.75. The molecule has 8 heteroatoms. The van der Waals surface area contributed by atoms with Crippen molar-refractivity contribution in [3.05, 3.63) is 84.4 Å². The van der Waals surface area contributed by atoms with E-state index < -0.39 is 9.84 Å². The largest absolute Gasteiger partial charge is 0.336 e. The molecule has 7 nitrogen and oxygen atoms in total. The number of sulfone groups is 1. The van der Waals surface area contributed by atoms with Crippen molar-refractivity contribution in [2.24, 2.45) is 0 Å². The van der Waals surface area contributed by atoms with Crippen molar-refractivity contribution in [2.45, 2.75) is 9.79 Å². The fraction of sp³-hybridized carbons (Fsp3) is 0.0909. The molecule has 0 bridgehead atoms. The first-order valence-electron chi connectivity index (χ1n) is 9.32. The maximum absolute atomic E-state index is 12.8. The number of nitrogens with zero attached hydrogens (tertiary/aromatic N) is 1. The van der Waals surface area contributed by atoms with Crippen LogP contribution >= 0.6 is 0 Å². The summed E-state index contributed by atoms with van der Waals surface area (Å²) in [6.07, 6.45) is 0. The topological polar surface area (TPSA) is 95.6 Å². The van der Waals surface area contributed by atoms with Crippen molar-refractivity contribution >= 4 is 33.2 Å². The summed E-state index contributed by atoms with van der Waals surface area (Å²) in [5, 5.41) is 5.45. The van der Waals surface area contributed by atoms with Gasteiger partial charge in [0.05, 0.1) is 9.79 Å². The van der Waals surface area contributed by atoms with Gasteiger partial charge in [0.1, 0.15) is 0 Å². The summed E-state index contributed by atoms with van der Waals surface area (Å²) < 4.78 is 25.6. The molecule has 0 radical (unpaired) electrons. The van der Waals surface area contributed by atoms with E-state index in [1.807, 2.05) is 0 Å². The number of hydrogen-bond acceptors (Lipinski definition) is 4. The van der Waals surface area contributed by atoms with Gasteiger partial charge < -0.3 is 10.6 Å². The lowest BCUT2D eigenvalue weighted by atomic mass is 10.1. The SMILES string of the molecule is O=C(Nc1cccc(S(=O)(=O)c2ccccc2)c1)c1ccc(N2CCNC2=O)cc1. The molecule has 1 saturated heterocycles. The molecule has 3 amide bonds. The Morgan fingerprint density at radius 3 is 2.27 bits per heavy atom. The number of hydrogen-bond donors (Lipinski definition) is 2. The van der Waals surface area contributed by atoms with Crippen molar-refractivity contribution in [3.63, 3.8) is 0 Å². The van der Waals surface area contributed by atoms with Crippen LogP contribution in [0.2, 0.25) is 0 Å². The monoisotopic (exact) mass is 421 g/mol. The molecule has 0 atom stereocenters. The van der Waals surface area contributed by atoms with Gasteiger partial charge in [0.25, 0.3) is 5.91 Å². The van der Waals surface area contributed by atoms with Crippen molar-refractivity contribution in [3.8, 4) is 0 Å². The van der Waals surface area contributed by atoms with Gasteiger partial charge in [-0.1, -0.05) is 24.3 Å². The van der Waals surface area contributed by atoms with Gasteiger partial charge in [-0.15, -0.1) is 0 Å². The highest BCUT2D eigenvalue weighted by atomic mass is 32.2. The number of urea groups is 1. The summed E-state index contributed by atoms with van der Waals surface area (Å²) in [4.78, 5) is 26.2. The minimum Gasteiger partial charge on any atom is -0.336 e. The first-order valence-corrected chi connectivity index (χ1v) is 10.8.